The number of thiophene rings is 1. The van der Waals surface area contributed by atoms with Gasteiger partial charge in [-0.1, -0.05) is 110 Å². The molecular weight excluding hydrogens is 707 g/mol. The summed E-state index contributed by atoms with van der Waals surface area (Å²) in [5.41, 5.74) is 19.7. The molecule has 3 aliphatic rings. The molecule has 2 aliphatic heterocycles. The molecule has 6 aromatic rings. The van der Waals surface area contributed by atoms with E-state index in [4.69, 9.17) is 0 Å². The number of benzene rings is 5. The molecule has 2 nitrogen and oxygen atoms in total. The molecule has 0 unspecified atom stereocenters. The molecule has 57 heavy (non-hydrogen) atoms. The van der Waals surface area contributed by atoms with Crippen LogP contribution >= 0.6 is 11.3 Å². The second-order valence-electron chi connectivity index (χ2n) is 18.8. The first-order chi connectivity index (χ1) is 27.5. The van der Waals surface area contributed by atoms with E-state index in [2.05, 4.69) is 168 Å². The lowest BCUT2D eigenvalue weighted by Gasteiger charge is -2.45. The molecule has 0 amide bonds. The minimum atomic E-state index is 0.118. The summed E-state index contributed by atoms with van der Waals surface area (Å²) < 4.78 is 2.90. The fraction of sp³-hybridized carbons (Fsp3) is 0.396. The summed E-state index contributed by atoms with van der Waals surface area (Å²) in [4.78, 5) is 5.29. The summed E-state index contributed by atoms with van der Waals surface area (Å²) in [6.45, 7) is 19.2. The van der Waals surface area contributed by atoms with Crippen LogP contribution in [0, 0.1) is 6.92 Å². The molecule has 0 N–H and O–H groups in total. The Bertz CT molecular complexity index is 2470. The van der Waals surface area contributed by atoms with Gasteiger partial charge in [0.25, 0.3) is 6.71 Å². The SMILES string of the molecule is CCCCc1ccc(N2c3ccc(CCCC)cc3B3c4sc5cc(CCCC)ccc5c4N(c4ccc5c(c4)C(C)(C)CCC5(C)C)c4cc(C)cc2c43)cc1. The average molecular weight is 769 g/mol. The van der Waals surface area contributed by atoms with Crippen molar-refractivity contribution in [2.75, 3.05) is 9.80 Å². The molecule has 5 aromatic carbocycles. The third-order valence-electron chi connectivity index (χ3n) is 13.7. The summed E-state index contributed by atoms with van der Waals surface area (Å²) in [6, 6.07) is 36.9. The topological polar surface area (TPSA) is 6.48 Å². The third-order valence-corrected chi connectivity index (χ3v) is 14.9. The smallest absolute Gasteiger partial charge is 0.264 e. The summed E-state index contributed by atoms with van der Waals surface area (Å²) in [5.74, 6) is 0. The van der Waals surface area contributed by atoms with Crippen molar-refractivity contribution in [2.45, 2.75) is 137 Å². The average Bonchev–Trinajstić information content (AvgIpc) is 3.58. The third kappa shape index (κ3) is 6.55. The maximum atomic E-state index is 2.69. The minimum Gasteiger partial charge on any atom is -0.311 e. The van der Waals surface area contributed by atoms with Crippen molar-refractivity contribution in [1.29, 1.82) is 0 Å². The molecule has 1 aliphatic carbocycles. The van der Waals surface area contributed by atoms with E-state index < -0.39 is 0 Å². The quantitative estimate of drug-likeness (QED) is 0.121. The van der Waals surface area contributed by atoms with E-state index in [0.29, 0.717) is 0 Å². The Balaban J connectivity index is 1.33. The lowest BCUT2D eigenvalue weighted by atomic mass is 9.36. The van der Waals surface area contributed by atoms with Gasteiger partial charge >= 0.3 is 0 Å². The maximum Gasteiger partial charge on any atom is 0.264 e. The largest absolute Gasteiger partial charge is 0.311 e. The highest BCUT2D eigenvalue weighted by Gasteiger charge is 2.46. The van der Waals surface area contributed by atoms with Gasteiger partial charge in [-0.3, -0.25) is 0 Å². The van der Waals surface area contributed by atoms with Gasteiger partial charge in [-0.25, -0.2) is 0 Å². The van der Waals surface area contributed by atoms with Crippen LogP contribution in [0.2, 0.25) is 0 Å². The Labute approximate surface area is 347 Å². The molecule has 1 aromatic heterocycles. The lowest BCUT2D eigenvalue weighted by Crippen LogP contribution is -2.60. The predicted octanol–water partition coefficient (Wildman–Crippen LogP) is 13.7. The standard InChI is InChI=1S/C53H61BN2S/c1-9-12-15-36-18-22-39(23-19-36)55-45-27-21-37(16-13-10-2)32-44(45)54-49-46(55)30-35(4)31-47(49)56(40-24-26-42-43(34-40)53(7,8)29-28-52(42,5)6)50-41-25-20-38(17-14-11-3)33-48(41)57-51(50)54/h18-27,30-34H,9-17,28-29H2,1-8H3. The van der Waals surface area contributed by atoms with Crippen molar-refractivity contribution in [3.05, 3.63) is 124 Å². The fourth-order valence-corrected chi connectivity index (χ4v) is 11.6. The summed E-state index contributed by atoms with van der Waals surface area (Å²) in [7, 11) is 0. The maximum absolute atomic E-state index is 2.69. The molecule has 4 heteroatoms. The summed E-state index contributed by atoms with van der Waals surface area (Å²) in [5, 5.41) is 1.38. The van der Waals surface area contributed by atoms with E-state index in [1.54, 1.807) is 0 Å². The van der Waals surface area contributed by atoms with Crippen LogP contribution in [-0.4, -0.2) is 6.71 Å². The predicted molar refractivity (Wildman–Crippen MR) is 252 cm³/mol. The molecule has 0 atom stereocenters. The zero-order valence-electron chi connectivity index (χ0n) is 35.8. The highest BCUT2D eigenvalue weighted by Crippen LogP contribution is 2.51. The van der Waals surface area contributed by atoms with Crippen LogP contribution in [0.4, 0.5) is 34.1 Å². The number of rotatable bonds is 11. The Morgan fingerprint density at radius 1 is 0.579 bits per heavy atom. The van der Waals surface area contributed by atoms with E-state index in [-0.39, 0.29) is 17.5 Å². The number of hydrogen-bond donors (Lipinski definition) is 0. The Kier molecular flexibility index (Phi) is 9.95. The lowest BCUT2D eigenvalue weighted by molar-refractivity contribution is 0.332. The van der Waals surface area contributed by atoms with E-state index in [1.807, 2.05) is 0 Å². The van der Waals surface area contributed by atoms with Gasteiger partial charge in [0.05, 0.1) is 5.69 Å². The number of fused-ring (bicyclic) bond motifs is 7. The van der Waals surface area contributed by atoms with Crippen molar-refractivity contribution < 1.29 is 0 Å². The van der Waals surface area contributed by atoms with Gasteiger partial charge in [-0.15, -0.1) is 11.3 Å². The van der Waals surface area contributed by atoms with Crippen LogP contribution < -0.4 is 25.5 Å². The van der Waals surface area contributed by atoms with E-state index in [9.17, 15) is 0 Å². The highest BCUT2D eigenvalue weighted by atomic mass is 32.1. The number of unbranched alkanes of at least 4 members (excludes halogenated alkanes) is 3. The Hall–Kier alpha value is -4.28. The van der Waals surface area contributed by atoms with Crippen molar-refractivity contribution in [3.8, 4) is 0 Å². The van der Waals surface area contributed by atoms with Gasteiger partial charge in [0.2, 0.25) is 0 Å². The first-order valence-electron chi connectivity index (χ1n) is 22.2. The van der Waals surface area contributed by atoms with E-state index in [0.717, 1.165) is 19.3 Å². The van der Waals surface area contributed by atoms with Gasteiger partial charge < -0.3 is 9.80 Å². The van der Waals surface area contributed by atoms with Gasteiger partial charge in [-0.05, 0) is 162 Å². The summed E-state index contributed by atoms with van der Waals surface area (Å²) >= 11 is 2.05. The van der Waals surface area contributed by atoms with Crippen LogP contribution in [-0.2, 0) is 30.1 Å². The highest BCUT2D eigenvalue weighted by molar-refractivity contribution is 7.33. The Morgan fingerprint density at radius 3 is 1.84 bits per heavy atom. The van der Waals surface area contributed by atoms with E-state index >= 15 is 0 Å². The minimum absolute atomic E-state index is 0.118. The molecule has 3 heterocycles. The summed E-state index contributed by atoms with van der Waals surface area (Å²) in [6.07, 6.45) is 13.1. The van der Waals surface area contributed by atoms with Gasteiger partial charge in [-0.2, -0.15) is 0 Å². The molecule has 0 fully saturated rings. The van der Waals surface area contributed by atoms with Gasteiger partial charge in [0.15, 0.2) is 0 Å². The second kappa shape index (κ2) is 14.8. The molecule has 0 saturated heterocycles. The van der Waals surface area contributed by atoms with Crippen LogP contribution in [0.25, 0.3) is 10.1 Å². The number of aryl methyl sites for hydroxylation is 4. The zero-order valence-corrected chi connectivity index (χ0v) is 36.6. The fourth-order valence-electron chi connectivity index (χ4n) is 10.2. The van der Waals surface area contributed by atoms with Gasteiger partial charge in [0.1, 0.15) is 0 Å². The molecule has 9 rings (SSSR count). The van der Waals surface area contributed by atoms with Crippen molar-refractivity contribution in [3.63, 3.8) is 0 Å². The van der Waals surface area contributed by atoms with Crippen LogP contribution in [0.1, 0.15) is 133 Å². The van der Waals surface area contributed by atoms with Crippen molar-refractivity contribution in [1.82, 2.24) is 0 Å². The normalized spacial score (nSPS) is 16.0. The Morgan fingerprint density at radius 2 is 1.16 bits per heavy atom. The van der Waals surface area contributed by atoms with Crippen LogP contribution in [0.15, 0.2) is 91.0 Å². The monoisotopic (exact) mass is 768 g/mol. The first kappa shape index (κ1) is 38.3. The van der Waals surface area contributed by atoms with Crippen LogP contribution in [0.3, 0.4) is 0 Å². The van der Waals surface area contributed by atoms with Crippen LogP contribution in [0.5, 0.6) is 0 Å². The number of nitrogens with zero attached hydrogens (tertiary/aromatic N) is 2. The molecular formula is C53H61BN2S. The number of anilines is 6. The molecule has 0 radical (unpaired) electrons. The zero-order chi connectivity index (χ0) is 39.6. The van der Waals surface area contributed by atoms with E-state index in [1.165, 1.54) is 145 Å². The van der Waals surface area contributed by atoms with Crippen molar-refractivity contribution >= 4 is 78.0 Å². The van der Waals surface area contributed by atoms with Gasteiger partial charge in [0, 0.05) is 43.3 Å². The number of hydrogen-bond acceptors (Lipinski definition) is 3. The molecule has 0 saturated carbocycles. The van der Waals surface area contributed by atoms with Crippen molar-refractivity contribution in [2.24, 2.45) is 0 Å². The molecule has 0 spiro atoms. The molecule has 292 valence electrons. The second-order valence-corrected chi connectivity index (χ2v) is 19.9. The first-order valence-corrected chi connectivity index (χ1v) is 23.0. The molecule has 0 bridgehead atoms.